The summed E-state index contributed by atoms with van der Waals surface area (Å²) in [5.41, 5.74) is 0.683. The second-order valence-corrected chi connectivity index (χ2v) is 8.54. The summed E-state index contributed by atoms with van der Waals surface area (Å²) < 4.78 is 32.5. The quantitative estimate of drug-likeness (QED) is 0.702. The second-order valence-electron chi connectivity index (χ2n) is 6.83. The van der Waals surface area contributed by atoms with E-state index < -0.39 is 10.0 Å². The maximum absolute atomic E-state index is 12.2. The molecule has 1 heterocycles. The number of ether oxygens (including phenoxy) is 1. The van der Waals surface area contributed by atoms with Gasteiger partial charge < -0.3 is 14.5 Å². The summed E-state index contributed by atoms with van der Waals surface area (Å²) in [4.78, 5) is 15.7. The Labute approximate surface area is 150 Å². The van der Waals surface area contributed by atoms with Gasteiger partial charge in [0.15, 0.2) is 6.61 Å². The second kappa shape index (κ2) is 8.16. The number of carbonyl (C=O) groups is 1. The van der Waals surface area contributed by atoms with Crippen molar-refractivity contribution in [3.05, 3.63) is 23.8 Å². The van der Waals surface area contributed by atoms with Crippen LogP contribution in [0, 0.1) is 6.92 Å². The molecule has 1 aromatic rings. The Morgan fingerprint density at radius 2 is 1.96 bits per heavy atom. The number of aryl methyl sites for hydroxylation is 1. The predicted octanol–water partition coefficient (Wildman–Crippen LogP) is -0.583. The van der Waals surface area contributed by atoms with Crippen LogP contribution in [0.2, 0.25) is 0 Å². The number of benzene rings is 1. The molecule has 1 saturated heterocycles. The van der Waals surface area contributed by atoms with E-state index in [2.05, 4.69) is 11.8 Å². The van der Waals surface area contributed by atoms with Gasteiger partial charge in [-0.3, -0.25) is 4.79 Å². The number of likely N-dealkylation sites (N-methyl/N-ethyl adjacent to an activating group) is 1. The number of sulfonamides is 1. The number of hydrogen-bond donors (Lipinski definition) is 2. The van der Waals surface area contributed by atoms with Crippen molar-refractivity contribution in [2.24, 2.45) is 0 Å². The van der Waals surface area contributed by atoms with E-state index >= 15 is 0 Å². The number of hydrogen-bond acceptors (Lipinski definition) is 4. The molecule has 2 N–H and O–H groups in total. The summed E-state index contributed by atoms with van der Waals surface area (Å²) in [6.45, 7) is 8.65. The number of carbonyl (C=O) groups excluding carboxylic acids is 1. The minimum absolute atomic E-state index is 0.0315. The Bertz CT molecular complexity index is 711. The molecule has 25 heavy (non-hydrogen) atoms. The summed E-state index contributed by atoms with van der Waals surface area (Å²) in [6.07, 6.45) is 0. The molecule has 0 unspecified atom stereocenters. The summed E-state index contributed by atoms with van der Waals surface area (Å²) >= 11 is 0. The van der Waals surface area contributed by atoms with Crippen molar-refractivity contribution in [3.63, 3.8) is 0 Å². The minimum atomic E-state index is -3.54. The average molecular weight is 370 g/mol. The van der Waals surface area contributed by atoms with Crippen LogP contribution in [0.4, 0.5) is 0 Å². The van der Waals surface area contributed by atoms with Crippen molar-refractivity contribution >= 4 is 15.9 Å². The Morgan fingerprint density at radius 1 is 1.32 bits per heavy atom. The fourth-order valence-electron chi connectivity index (χ4n) is 2.70. The first-order valence-corrected chi connectivity index (χ1v) is 10.0. The molecule has 1 aliphatic rings. The van der Waals surface area contributed by atoms with Crippen LogP contribution >= 0.6 is 0 Å². The third-order valence-corrected chi connectivity index (χ3v) is 5.82. The van der Waals surface area contributed by atoms with E-state index in [9.17, 15) is 13.2 Å². The van der Waals surface area contributed by atoms with E-state index in [1.54, 1.807) is 32.9 Å². The smallest absolute Gasteiger partial charge is 0.260 e. The van der Waals surface area contributed by atoms with Crippen LogP contribution in [0.3, 0.4) is 0 Å². The van der Waals surface area contributed by atoms with Crippen molar-refractivity contribution in [2.75, 3.05) is 39.8 Å². The lowest BCUT2D eigenvalue weighted by atomic mass is 10.2. The van der Waals surface area contributed by atoms with Crippen LogP contribution in [-0.4, -0.2) is 65.1 Å². The van der Waals surface area contributed by atoms with Crippen molar-refractivity contribution in [1.82, 2.24) is 9.62 Å². The zero-order valence-corrected chi connectivity index (χ0v) is 16.1. The summed E-state index contributed by atoms with van der Waals surface area (Å²) in [5, 5.41) is 0. The molecular weight excluding hydrogens is 342 g/mol. The summed E-state index contributed by atoms with van der Waals surface area (Å²) in [5.74, 6) is 0.488. The fraction of sp³-hybridized carbons (Fsp3) is 0.588. The van der Waals surface area contributed by atoms with Gasteiger partial charge in [-0.05, 0) is 44.5 Å². The Kier molecular flexibility index (Phi) is 6.42. The maximum Gasteiger partial charge on any atom is 0.260 e. The molecule has 8 heteroatoms. The van der Waals surface area contributed by atoms with Crippen molar-refractivity contribution < 1.29 is 22.8 Å². The van der Waals surface area contributed by atoms with Crippen molar-refractivity contribution in [2.45, 2.75) is 31.7 Å². The van der Waals surface area contributed by atoms with Gasteiger partial charge in [-0.2, -0.15) is 0 Å². The number of piperazine rings is 1. The summed E-state index contributed by atoms with van der Waals surface area (Å²) in [7, 11) is -1.42. The van der Waals surface area contributed by atoms with E-state index in [0.717, 1.165) is 26.2 Å². The highest BCUT2D eigenvalue weighted by Crippen LogP contribution is 2.22. The summed E-state index contributed by atoms with van der Waals surface area (Å²) in [6, 6.07) is 4.48. The maximum atomic E-state index is 12.2. The number of rotatable bonds is 6. The van der Waals surface area contributed by atoms with Crippen LogP contribution in [0.5, 0.6) is 5.75 Å². The molecule has 1 fully saturated rings. The van der Waals surface area contributed by atoms with Gasteiger partial charge in [0.2, 0.25) is 10.0 Å². The van der Waals surface area contributed by atoms with Gasteiger partial charge in [-0.25, -0.2) is 13.1 Å². The lowest BCUT2D eigenvalue weighted by molar-refractivity contribution is -0.883. The monoisotopic (exact) mass is 370 g/mol. The third kappa shape index (κ3) is 5.42. The first-order chi connectivity index (χ1) is 11.7. The predicted molar refractivity (Wildman–Crippen MR) is 95.3 cm³/mol. The third-order valence-electron chi connectivity index (χ3n) is 4.17. The van der Waals surface area contributed by atoms with Crippen LogP contribution in [0.15, 0.2) is 23.1 Å². The van der Waals surface area contributed by atoms with Crippen molar-refractivity contribution in [1.29, 1.82) is 0 Å². The van der Waals surface area contributed by atoms with Gasteiger partial charge in [0.25, 0.3) is 5.91 Å². The first kappa shape index (κ1) is 19.7. The van der Waals surface area contributed by atoms with Crippen LogP contribution in [0.1, 0.15) is 19.4 Å². The number of quaternary nitrogens is 1. The molecule has 1 amide bonds. The van der Waals surface area contributed by atoms with E-state index in [4.69, 9.17) is 4.74 Å². The number of nitrogens with one attached hydrogen (secondary N) is 2. The van der Waals surface area contributed by atoms with Gasteiger partial charge in [-0.15, -0.1) is 0 Å². The van der Waals surface area contributed by atoms with Gasteiger partial charge in [0.1, 0.15) is 5.75 Å². The molecule has 0 atom stereocenters. The zero-order valence-electron chi connectivity index (χ0n) is 15.3. The highest BCUT2D eigenvalue weighted by molar-refractivity contribution is 7.89. The largest absolute Gasteiger partial charge is 0.483 e. The van der Waals surface area contributed by atoms with E-state index in [1.165, 1.54) is 11.0 Å². The van der Waals surface area contributed by atoms with Gasteiger partial charge in [0.05, 0.1) is 38.1 Å². The Morgan fingerprint density at radius 3 is 2.52 bits per heavy atom. The van der Waals surface area contributed by atoms with Crippen LogP contribution in [-0.2, 0) is 14.8 Å². The number of nitrogens with zero attached hydrogens (tertiary/aromatic N) is 1. The average Bonchev–Trinajstić information content (AvgIpc) is 2.52. The number of amides is 1. The zero-order chi connectivity index (χ0) is 18.6. The SMILES string of the molecule is Cc1cc(S(=O)(=O)NC(C)C)ccc1OCC(=O)N1CC[NH+](C)CC1. The standard InChI is InChI=1S/C17H27N3O4S/c1-13(2)18-25(22,23)15-5-6-16(14(3)11-15)24-12-17(21)20-9-7-19(4)8-10-20/h5-6,11,13,18H,7-10,12H2,1-4H3/p+1. The van der Waals surface area contributed by atoms with Crippen LogP contribution in [0.25, 0.3) is 0 Å². The van der Waals surface area contributed by atoms with Crippen LogP contribution < -0.4 is 14.4 Å². The molecule has 2 rings (SSSR count). The molecule has 0 saturated carbocycles. The molecule has 7 nitrogen and oxygen atoms in total. The lowest BCUT2D eigenvalue weighted by Crippen LogP contribution is -3.12. The molecule has 1 aliphatic heterocycles. The Hall–Kier alpha value is -1.64. The molecule has 140 valence electrons. The molecule has 0 spiro atoms. The lowest BCUT2D eigenvalue weighted by Gasteiger charge is -2.30. The van der Waals surface area contributed by atoms with Gasteiger partial charge in [-0.1, -0.05) is 0 Å². The first-order valence-electron chi connectivity index (χ1n) is 8.54. The molecular formula is C17H28N3O4S+. The fourth-order valence-corrected chi connectivity index (χ4v) is 4.03. The van der Waals surface area contributed by atoms with Crippen molar-refractivity contribution in [3.8, 4) is 5.75 Å². The van der Waals surface area contributed by atoms with E-state index in [1.807, 2.05) is 4.90 Å². The minimum Gasteiger partial charge on any atom is -0.483 e. The topological polar surface area (TPSA) is 80.1 Å². The normalized spacial score (nSPS) is 16.3. The van der Waals surface area contributed by atoms with Gasteiger partial charge >= 0.3 is 0 Å². The molecule has 1 aromatic carbocycles. The molecule has 0 bridgehead atoms. The highest BCUT2D eigenvalue weighted by atomic mass is 32.2. The highest BCUT2D eigenvalue weighted by Gasteiger charge is 2.22. The van der Waals surface area contributed by atoms with E-state index in [0.29, 0.717) is 11.3 Å². The van der Waals surface area contributed by atoms with E-state index in [-0.39, 0.29) is 23.5 Å². The molecule has 0 aromatic heterocycles. The Balaban J connectivity index is 1.98. The molecule has 0 radical (unpaired) electrons. The molecule has 0 aliphatic carbocycles. The van der Waals surface area contributed by atoms with Gasteiger partial charge in [0, 0.05) is 6.04 Å².